The smallest absolute Gasteiger partial charge is 0.244 e. The number of aromatic nitrogens is 2. The Hall–Kier alpha value is -2.29. The lowest BCUT2D eigenvalue weighted by atomic mass is 10.2. The minimum absolute atomic E-state index is 0.0267. The number of hydrogen-bond acceptors (Lipinski definition) is 5. The quantitative estimate of drug-likeness (QED) is 0.680. The average Bonchev–Trinajstić information content (AvgIpc) is 3.29. The SMILES string of the molecule is COc1ccc(Cl)cc1S(=O)(=O)NCC(c1ccco1)n1cccn1. The second kappa shape index (κ2) is 7.30. The van der Waals surface area contributed by atoms with Crippen LogP contribution in [0.4, 0.5) is 0 Å². The molecule has 1 aromatic carbocycles. The molecule has 0 fully saturated rings. The van der Waals surface area contributed by atoms with E-state index in [0.29, 0.717) is 10.8 Å². The lowest BCUT2D eigenvalue weighted by Gasteiger charge is -2.17. The third-order valence-electron chi connectivity index (χ3n) is 3.60. The third kappa shape index (κ3) is 3.87. The number of nitrogens with zero attached hydrogens (tertiary/aromatic N) is 2. The lowest BCUT2D eigenvalue weighted by molar-refractivity contribution is 0.397. The molecule has 0 saturated carbocycles. The van der Waals surface area contributed by atoms with Gasteiger partial charge in [0, 0.05) is 24.0 Å². The molecular formula is C16H16ClN3O4S. The van der Waals surface area contributed by atoms with Crippen molar-refractivity contribution >= 4 is 21.6 Å². The standard InChI is InChI=1S/C16H16ClN3O4S/c1-23-15-6-5-12(17)10-16(15)25(21,22)19-11-13(14-4-2-9-24-14)20-8-3-7-18-20/h2-10,13,19H,11H2,1H3. The van der Waals surface area contributed by atoms with Crippen LogP contribution < -0.4 is 9.46 Å². The fourth-order valence-electron chi connectivity index (χ4n) is 2.40. The number of halogens is 1. The number of nitrogens with one attached hydrogen (secondary N) is 1. The number of methoxy groups -OCH3 is 1. The van der Waals surface area contributed by atoms with Gasteiger partial charge in [0.2, 0.25) is 10.0 Å². The molecule has 0 saturated heterocycles. The number of sulfonamides is 1. The summed E-state index contributed by atoms with van der Waals surface area (Å²) in [6.07, 6.45) is 4.88. The molecule has 0 aliphatic heterocycles. The minimum Gasteiger partial charge on any atom is -0.495 e. The van der Waals surface area contributed by atoms with Gasteiger partial charge in [-0.3, -0.25) is 4.68 Å². The maximum absolute atomic E-state index is 12.7. The van der Waals surface area contributed by atoms with Crippen LogP contribution in [0.3, 0.4) is 0 Å². The highest BCUT2D eigenvalue weighted by atomic mass is 35.5. The van der Waals surface area contributed by atoms with Crippen molar-refractivity contribution in [3.63, 3.8) is 0 Å². The van der Waals surface area contributed by atoms with Crippen molar-refractivity contribution in [2.24, 2.45) is 0 Å². The maximum atomic E-state index is 12.7. The summed E-state index contributed by atoms with van der Waals surface area (Å²) >= 11 is 5.93. The molecule has 25 heavy (non-hydrogen) atoms. The summed E-state index contributed by atoms with van der Waals surface area (Å²) in [5.74, 6) is 0.801. The van der Waals surface area contributed by atoms with Gasteiger partial charge in [-0.25, -0.2) is 13.1 Å². The molecule has 1 N–H and O–H groups in total. The second-order valence-corrected chi connectivity index (χ2v) is 7.34. The van der Waals surface area contributed by atoms with Crippen molar-refractivity contribution in [1.82, 2.24) is 14.5 Å². The fraction of sp³-hybridized carbons (Fsp3) is 0.188. The number of rotatable bonds is 7. The highest BCUT2D eigenvalue weighted by Crippen LogP contribution is 2.27. The molecule has 1 unspecified atom stereocenters. The monoisotopic (exact) mass is 381 g/mol. The predicted octanol–water partition coefficient (Wildman–Crippen LogP) is 2.71. The van der Waals surface area contributed by atoms with Crippen molar-refractivity contribution in [2.45, 2.75) is 10.9 Å². The van der Waals surface area contributed by atoms with Crippen molar-refractivity contribution in [3.05, 3.63) is 65.8 Å². The highest BCUT2D eigenvalue weighted by molar-refractivity contribution is 7.89. The number of furan rings is 1. The number of ether oxygens (including phenoxy) is 1. The number of hydrogen-bond donors (Lipinski definition) is 1. The van der Waals surface area contributed by atoms with Crippen molar-refractivity contribution in [1.29, 1.82) is 0 Å². The Morgan fingerprint density at radius 2 is 2.20 bits per heavy atom. The zero-order valence-corrected chi connectivity index (χ0v) is 14.9. The first-order valence-electron chi connectivity index (χ1n) is 7.37. The van der Waals surface area contributed by atoms with Gasteiger partial charge in [-0.05, 0) is 36.4 Å². The summed E-state index contributed by atoms with van der Waals surface area (Å²) in [4.78, 5) is -0.0267. The van der Waals surface area contributed by atoms with Crippen LogP contribution in [0.1, 0.15) is 11.8 Å². The zero-order valence-electron chi connectivity index (χ0n) is 13.3. The normalized spacial score (nSPS) is 12.9. The largest absolute Gasteiger partial charge is 0.495 e. The average molecular weight is 382 g/mol. The van der Waals surface area contributed by atoms with Crippen molar-refractivity contribution < 1.29 is 17.6 Å². The van der Waals surface area contributed by atoms with Gasteiger partial charge >= 0.3 is 0 Å². The molecular weight excluding hydrogens is 366 g/mol. The number of benzene rings is 1. The van der Waals surface area contributed by atoms with E-state index in [1.54, 1.807) is 41.3 Å². The summed E-state index contributed by atoms with van der Waals surface area (Å²) in [5, 5.41) is 4.47. The summed E-state index contributed by atoms with van der Waals surface area (Å²) in [7, 11) is -2.44. The highest BCUT2D eigenvalue weighted by Gasteiger charge is 2.24. The molecule has 0 aliphatic carbocycles. The topological polar surface area (TPSA) is 86.4 Å². The summed E-state index contributed by atoms with van der Waals surface area (Å²) < 4.78 is 40.1. The van der Waals surface area contributed by atoms with E-state index in [-0.39, 0.29) is 17.2 Å². The molecule has 0 aliphatic rings. The van der Waals surface area contributed by atoms with E-state index in [9.17, 15) is 8.42 Å². The predicted molar refractivity (Wildman–Crippen MR) is 92.3 cm³/mol. The molecule has 0 amide bonds. The van der Waals surface area contributed by atoms with E-state index in [1.165, 1.54) is 25.5 Å². The van der Waals surface area contributed by atoms with Gasteiger partial charge in [0.05, 0.1) is 13.4 Å². The fourth-order valence-corrected chi connectivity index (χ4v) is 3.87. The minimum atomic E-state index is -3.84. The van der Waals surface area contributed by atoms with E-state index in [0.717, 1.165) is 0 Å². The molecule has 3 rings (SSSR count). The molecule has 1 atom stereocenters. The Morgan fingerprint density at radius 1 is 1.36 bits per heavy atom. The molecule has 7 nitrogen and oxygen atoms in total. The van der Waals surface area contributed by atoms with Crippen LogP contribution in [0.2, 0.25) is 5.02 Å². The van der Waals surface area contributed by atoms with Crippen molar-refractivity contribution in [3.8, 4) is 5.75 Å². The Labute approximate surface area is 150 Å². The first kappa shape index (κ1) is 17.5. The molecule has 132 valence electrons. The first-order valence-corrected chi connectivity index (χ1v) is 9.23. The van der Waals surface area contributed by atoms with Gasteiger partial charge < -0.3 is 9.15 Å². The van der Waals surface area contributed by atoms with Gasteiger partial charge in [-0.2, -0.15) is 5.10 Å². The van der Waals surface area contributed by atoms with Crippen LogP contribution in [0.25, 0.3) is 0 Å². The second-order valence-electron chi connectivity index (χ2n) is 5.16. The van der Waals surface area contributed by atoms with Crippen LogP contribution >= 0.6 is 11.6 Å². The van der Waals surface area contributed by atoms with Gasteiger partial charge in [0.15, 0.2) is 0 Å². The van der Waals surface area contributed by atoms with E-state index in [2.05, 4.69) is 9.82 Å². The van der Waals surface area contributed by atoms with E-state index >= 15 is 0 Å². The Balaban J connectivity index is 1.87. The Morgan fingerprint density at radius 3 is 2.84 bits per heavy atom. The molecule has 0 spiro atoms. The summed E-state index contributed by atoms with van der Waals surface area (Å²) in [5.41, 5.74) is 0. The zero-order chi connectivity index (χ0) is 17.9. The Kier molecular flexibility index (Phi) is 5.12. The van der Waals surface area contributed by atoms with Gasteiger partial charge in [-0.1, -0.05) is 11.6 Å². The first-order chi connectivity index (χ1) is 12.0. The van der Waals surface area contributed by atoms with E-state index < -0.39 is 16.1 Å². The van der Waals surface area contributed by atoms with Crippen LogP contribution in [0, 0.1) is 0 Å². The van der Waals surface area contributed by atoms with Gasteiger partial charge in [-0.15, -0.1) is 0 Å². The van der Waals surface area contributed by atoms with E-state index in [1.807, 2.05) is 0 Å². The van der Waals surface area contributed by atoms with E-state index in [4.69, 9.17) is 20.8 Å². The summed E-state index contributed by atoms with van der Waals surface area (Å²) in [6.45, 7) is 0.0488. The molecule has 2 heterocycles. The van der Waals surface area contributed by atoms with Crippen LogP contribution in [-0.4, -0.2) is 31.9 Å². The summed E-state index contributed by atoms with van der Waals surface area (Å²) in [6, 6.07) is 9.25. The molecule has 3 aromatic rings. The molecule has 0 radical (unpaired) electrons. The Bertz CT molecular complexity index is 890. The van der Waals surface area contributed by atoms with Crippen LogP contribution in [-0.2, 0) is 10.0 Å². The van der Waals surface area contributed by atoms with Crippen LogP contribution in [0.5, 0.6) is 5.75 Å². The van der Waals surface area contributed by atoms with Crippen LogP contribution in [0.15, 0.2) is 64.4 Å². The maximum Gasteiger partial charge on any atom is 0.244 e. The van der Waals surface area contributed by atoms with Gasteiger partial charge in [0.1, 0.15) is 22.4 Å². The van der Waals surface area contributed by atoms with Gasteiger partial charge in [0.25, 0.3) is 0 Å². The molecule has 9 heteroatoms. The lowest BCUT2D eigenvalue weighted by Crippen LogP contribution is -2.31. The molecule has 0 bridgehead atoms. The van der Waals surface area contributed by atoms with Crippen molar-refractivity contribution in [2.75, 3.05) is 13.7 Å². The third-order valence-corrected chi connectivity index (χ3v) is 5.28. The molecule has 2 aromatic heterocycles.